The fraction of sp³-hybridized carbons (Fsp3) is 0.250. The van der Waals surface area contributed by atoms with Gasteiger partial charge < -0.3 is 14.8 Å². The predicted octanol–water partition coefficient (Wildman–Crippen LogP) is 4.35. The number of carbonyl (C=O) groups is 1. The Balaban J connectivity index is 2.10. The van der Waals surface area contributed by atoms with Gasteiger partial charge in [-0.15, -0.1) is 0 Å². The summed E-state index contributed by atoms with van der Waals surface area (Å²) < 4.78 is 11.0. The van der Waals surface area contributed by atoms with Gasteiger partial charge in [0, 0.05) is 23.4 Å². The number of hydrogen-bond donors (Lipinski definition) is 1. The summed E-state index contributed by atoms with van der Waals surface area (Å²) in [5, 5.41) is 13.6. The maximum Gasteiger partial charge on any atom is 0.274 e. The highest BCUT2D eigenvalue weighted by atomic mass is 16.6. The van der Waals surface area contributed by atoms with Crippen LogP contribution in [0.15, 0.2) is 42.5 Å². The lowest BCUT2D eigenvalue weighted by atomic mass is 10.1. The first-order chi connectivity index (χ1) is 12.8. The van der Waals surface area contributed by atoms with Gasteiger partial charge in [-0.2, -0.15) is 0 Å². The highest BCUT2D eigenvalue weighted by Crippen LogP contribution is 2.29. The van der Waals surface area contributed by atoms with Gasteiger partial charge in [0.1, 0.15) is 0 Å². The van der Waals surface area contributed by atoms with E-state index in [2.05, 4.69) is 5.32 Å². The molecule has 142 valence electrons. The van der Waals surface area contributed by atoms with Crippen LogP contribution in [0.1, 0.15) is 25.0 Å². The van der Waals surface area contributed by atoms with Gasteiger partial charge in [-0.05, 0) is 50.6 Å². The molecule has 2 rings (SSSR count). The number of hydrogen-bond acceptors (Lipinski definition) is 5. The van der Waals surface area contributed by atoms with Crippen molar-refractivity contribution in [2.45, 2.75) is 26.9 Å². The van der Waals surface area contributed by atoms with Gasteiger partial charge >= 0.3 is 0 Å². The maximum atomic E-state index is 12.1. The summed E-state index contributed by atoms with van der Waals surface area (Å²) in [6, 6.07) is 9.89. The Morgan fingerprint density at radius 1 is 1.19 bits per heavy atom. The van der Waals surface area contributed by atoms with E-state index in [9.17, 15) is 14.9 Å². The summed E-state index contributed by atoms with van der Waals surface area (Å²) in [5.41, 5.74) is 1.61. The van der Waals surface area contributed by atoms with E-state index in [4.69, 9.17) is 9.47 Å². The lowest BCUT2D eigenvalue weighted by Crippen LogP contribution is -2.08. The van der Waals surface area contributed by atoms with E-state index in [0.717, 1.165) is 5.56 Å². The number of nitro benzene ring substituents is 1. The van der Waals surface area contributed by atoms with Crippen molar-refractivity contribution < 1.29 is 19.2 Å². The number of methoxy groups -OCH3 is 1. The average molecular weight is 370 g/mol. The Morgan fingerprint density at radius 2 is 1.93 bits per heavy atom. The summed E-state index contributed by atoms with van der Waals surface area (Å²) in [7, 11) is 1.55. The molecule has 2 aromatic carbocycles. The average Bonchev–Trinajstić information content (AvgIpc) is 2.61. The first-order valence-corrected chi connectivity index (χ1v) is 8.39. The Bertz CT molecular complexity index is 875. The number of nitrogens with zero attached hydrogens (tertiary/aromatic N) is 1. The number of nitro groups is 1. The van der Waals surface area contributed by atoms with Crippen molar-refractivity contribution in [3.8, 4) is 11.5 Å². The number of nitrogens with one attached hydrogen (secondary N) is 1. The molecule has 0 fully saturated rings. The normalized spacial score (nSPS) is 10.9. The topological polar surface area (TPSA) is 90.7 Å². The molecule has 7 nitrogen and oxygen atoms in total. The predicted molar refractivity (Wildman–Crippen MR) is 104 cm³/mol. The number of rotatable bonds is 7. The van der Waals surface area contributed by atoms with Crippen LogP contribution in [-0.2, 0) is 4.79 Å². The lowest BCUT2D eigenvalue weighted by molar-refractivity contribution is -0.385. The van der Waals surface area contributed by atoms with Crippen LogP contribution in [0.3, 0.4) is 0 Å². The molecule has 27 heavy (non-hydrogen) atoms. The molecule has 0 aliphatic rings. The van der Waals surface area contributed by atoms with Gasteiger partial charge in [-0.25, -0.2) is 0 Å². The fourth-order valence-electron chi connectivity index (χ4n) is 2.38. The van der Waals surface area contributed by atoms with E-state index in [0.29, 0.717) is 22.7 Å². The second-order valence-corrected chi connectivity index (χ2v) is 6.16. The van der Waals surface area contributed by atoms with Gasteiger partial charge in [0.25, 0.3) is 5.69 Å². The minimum absolute atomic E-state index is 0.0182. The molecule has 1 amide bonds. The van der Waals surface area contributed by atoms with Gasteiger partial charge in [0.2, 0.25) is 5.91 Å². The first kappa shape index (κ1) is 20.0. The quantitative estimate of drug-likeness (QED) is 0.444. The number of anilines is 1. The van der Waals surface area contributed by atoms with Gasteiger partial charge in [-0.1, -0.05) is 12.1 Å². The zero-order chi connectivity index (χ0) is 20.0. The number of aryl methyl sites for hydroxylation is 1. The van der Waals surface area contributed by atoms with Crippen LogP contribution in [-0.4, -0.2) is 24.0 Å². The molecule has 0 aromatic heterocycles. The van der Waals surface area contributed by atoms with Gasteiger partial charge in [0.15, 0.2) is 11.5 Å². The second-order valence-electron chi connectivity index (χ2n) is 6.16. The van der Waals surface area contributed by atoms with Crippen molar-refractivity contribution in [3.63, 3.8) is 0 Å². The molecular weight excluding hydrogens is 348 g/mol. The van der Waals surface area contributed by atoms with Crippen LogP contribution in [0.25, 0.3) is 6.08 Å². The molecule has 0 aliphatic carbocycles. The molecule has 0 heterocycles. The molecule has 1 N–H and O–H groups in total. The lowest BCUT2D eigenvalue weighted by Gasteiger charge is -2.13. The Hall–Kier alpha value is -3.35. The van der Waals surface area contributed by atoms with Crippen LogP contribution in [0.5, 0.6) is 11.5 Å². The molecular formula is C20H22N2O5. The highest BCUT2D eigenvalue weighted by molar-refractivity contribution is 6.02. The van der Waals surface area contributed by atoms with Crippen molar-refractivity contribution in [2.24, 2.45) is 0 Å². The van der Waals surface area contributed by atoms with E-state index in [-0.39, 0.29) is 11.8 Å². The fourth-order valence-corrected chi connectivity index (χ4v) is 2.38. The van der Waals surface area contributed by atoms with Crippen LogP contribution in [0.4, 0.5) is 11.4 Å². The Morgan fingerprint density at radius 3 is 2.56 bits per heavy atom. The maximum absolute atomic E-state index is 12.1. The van der Waals surface area contributed by atoms with Crippen LogP contribution in [0.2, 0.25) is 0 Å². The number of carbonyl (C=O) groups excluding carboxylic acids is 1. The molecule has 7 heteroatoms. The van der Waals surface area contributed by atoms with E-state index >= 15 is 0 Å². The molecule has 0 radical (unpaired) electrons. The molecule has 2 aromatic rings. The van der Waals surface area contributed by atoms with Crippen molar-refractivity contribution in [3.05, 3.63) is 63.7 Å². The summed E-state index contributed by atoms with van der Waals surface area (Å²) in [6.45, 7) is 5.49. The monoisotopic (exact) mass is 370 g/mol. The van der Waals surface area contributed by atoms with E-state index in [1.54, 1.807) is 50.4 Å². The first-order valence-electron chi connectivity index (χ1n) is 8.39. The second kappa shape index (κ2) is 8.84. The minimum atomic E-state index is -0.478. The summed E-state index contributed by atoms with van der Waals surface area (Å²) in [5.74, 6) is 0.802. The van der Waals surface area contributed by atoms with E-state index < -0.39 is 10.8 Å². The van der Waals surface area contributed by atoms with Crippen molar-refractivity contribution in [1.82, 2.24) is 0 Å². The van der Waals surface area contributed by atoms with Gasteiger partial charge in [-0.3, -0.25) is 14.9 Å². The summed E-state index contributed by atoms with van der Waals surface area (Å²) >= 11 is 0. The van der Waals surface area contributed by atoms with Crippen LogP contribution < -0.4 is 14.8 Å². The third-order valence-electron chi connectivity index (χ3n) is 3.65. The van der Waals surface area contributed by atoms with Crippen molar-refractivity contribution >= 4 is 23.4 Å². The number of ether oxygens (including phenoxy) is 2. The number of benzene rings is 2. The van der Waals surface area contributed by atoms with Crippen LogP contribution >= 0.6 is 0 Å². The molecule has 0 saturated carbocycles. The van der Waals surface area contributed by atoms with Crippen molar-refractivity contribution in [2.75, 3.05) is 12.4 Å². The number of amides is 1. The summed E-state index contributed by atoms with van der Waals surface area (Å²) in [6.07, 6.45) is 2.99. The molecule has 0 aliphatic heterocycles. The van der Waals surface area contributed by atoms with Crippen molar-refractivity contribution in [1.29, 1.82) is 0 Å². The molecule has 0 spiro atoms. The molecule has 0 unspecified atom stereocenters. The van der Waals surface area contributed by atoms with Gasteiger partial charge in [0.05, 0.1) is 18.1 Å². The third-order valence-corrected chi connectivity index (χ3v) is 3.65. The zero-order valence-corrected chi connectivity index (χ0v) is 15.7. The highest BCUT2D eigenvalue weighted by Gasteiger charge is 2.12. The summed E-state index contributed by atoms with van der Waals surface area (Å²) in [4.78, 5) is 22.6. The third kappa shape index (κ3) is 5.57. The molecule has 0 atom stereocenters. The smallest absolute Gasteiger partial charge is 0.274 e. The zero-order valence-electron chi connectivity index (χ0n) is 15.7. The molecule has 0 saturated heterocycles. The van der Waals surface area contributed by atoms with E-state index in [1.807, 2.05) is 13.8 Å². The minimum Gasteiger partial charge on any atom is -0.493 e. The van der Waals surface area contributed by atoms with E-state index in [1.165, 1.54) is 12.1 Å². The Labute approximate surface area is 157 Å². The SMILES string of the molecule is COc1cc(/C=C/C(=O)Nc2ccc(C)c([N+](=O)[O-])c2)ccc1OC(C)C. The standard InChI is InChI=1S/C20H22N2O5/c1-13(2)27-18-9-6-15(11-19(18)26-4)7-10-20(23)21-16-8-5-14(3)17(12-16)22(24)25/h5-13H,1-4H3,(H,21,23)/b10-7+. The Kier molecular flexibility index (Phi) is 6.54. The molecule has 0 bridgehead atoms. The largest absolute Gasteiger partial charge is 0.493 e. The van der Waals surface area contributed by atoms with Crippen LogP contribution in [0, 0.1) is 17.0 Å².